The molecule has 0 spiro atoms. The number of benzene rings is 1. The van der Waals surface area contributed by atoms with Crippen LogP contribution in [0.5, 0.6) is 0 Å². The molecule has 6 heterocycles. The van der Waals surface area contributed by atoms with Crippen molar-refractivity contribution >= 4 is 35.3 Å². The molecule has 0 bridgehead atoms. The number of amides is 1. The van der Waals surface area contributed by atoms with Crippen LogP contribution in [0.3, 0.4) is 0 Å². The summed E-state index contributed by atoms with van der Waals surface area (Å²) >= 11 is 0. The predicted octanol–water partition coefficient (Wildman–Crippen LogP) is 5.25. The number of fused-ring (bicyclic) bond motifs is 2. The largest absolute Gasteiger partial charge is 0.332 e. The van der Waals surface area contributed by atoms with E-state index in [1.165, 1.54) is 11.2 Å². The van der Waals surface area contributed by atoms with E-state index in [4.69, 9.17) is 0 Å². The SMILES string of the molecule is C=C(F)C(=O)N1CC(n2cc(-c3ccn4ncnc(/C=C\c5ccc(/C=C/[CH]c6ccn7ncnc7c6)c(C)c5)c34)cn2)C1. The Morgan fingerprint density at radius 1 is 0.955 bits per heavy atom. The molecular formula is C33H27FN9O. The maximum atomic E-state index is 13.2. The Balaban J connectivity index is 1.06. The van der Waals surface area contributed by atoms with E-state index in [1.54, 1.807) is 21.6 Å². The van der Waals surface area contributed by atoms with Crippen LogP contribution in [-0.2, 0) is 4.79 Å². The predicted molar refractivity (Wildman–Crippen MR) is 166 cm³/mol. The zero-order valence-corrected chi connectivity index (χ0v) is 23.8. The van der Waals surface area contributed by atoms with Gasteiger partial charge in [0.2, 0.25) is 0 Å². The monoisotopic (exact) mass is 584 g/mol. The summed E-state index contributed by atoms with van der Waals surface area (Å²) in [6, 6.07) is 12.3. The molecule has 1 saturated heterocycles. The Morgan fingerprint density at radius 3 is 2.61 bits per heavy atom. The number of likely N-dealkylation sites (tertiary alicyclic amines) is 1. The lowest BCUT2D eigenvalue weighted by Gasteiger charge is -2.38. The van der Waals surface area contributed by atoms with Gasteiger partial charge >= 0.3 is 0 Å². The Labute approximate surface area is 252 Å². The number of aryl methyl sites for hydroxylation is 1. The highest BCUT2D eigenvalue weighted by molar-refractivity contribution is 5.91. The zero-order chi connectivity index (χ0) is 30.2. The molecule has 11 heteroatoms. The first-order valence-corrected chi connectivity index (χ1v) is 14.0. The first-order valence-electron chi connectivity index (χ1n) is 14.0. The molecule has 10 nitrogen and oxygen atoms in total. The first-order chi connectivity index (χ1) is 21.4. The lowest BCUT2D eigenvalue weighted by atomic mass is 10.0. The maximum absolute atomic E-state index is 13.2. The van der Waals surface area contributed by atoms with Crippen LogP contribution in [0, 0.1) is 13.3 Å². The number of nitrogens with zero attached hydrogens (tertiary/aromatic N) is 9. The molecule has 1 radical (unpaired) electrons. The highest BCUT2D eigenvalue weighted by Crippen LogP contribution is 2.30. The number of rotatable bonds is 8. The molecule has 6 aromatic rings. The molecule has 1 fully saturated rings. The lowest BCUT2D eigenvalue weighted by molar-refractivity contribution is -0.134. The van der Waals surface area contributed by atoms with Crippen LogP contribution < -0.4 is 0 Å². The number of allylic oxidation sites excluding steroid dienone is 1. The average molecular weight is 585 g/mol. The number of hydrogen-bond donors (Lipinski definition) is 0. The summed E-state index contributed by atoms with van der Waals surface area (Å²) in [6.45, 7) is 5.97. The van der Waals surface area contributed by atoms with E-state index < -0.39 is 11.7 Å². The molecule has 1 amide bonds. The summed E-state index contributed by atoms with van der Waals surface area (Å²) in [6.07, 6.45) is 20.8. The van der Waals surface area contributed by atoms with Crippen LogP contribution >= 0.6 is 0 Å². The van der Waals surface area contributed by atoms with Crippen molar-refractivity contribution < 1.29 is 9.18 Å². The minimum atomic E-state index is -0.943. The third-order valence-corrected chi connectivity index (χ3v) is 7.75. The normalized spacial score (nSPS) is 13.9. The van der Waals surface area contributed by atoms with E-state index in [1.807, 2.05) is 66.1 Å². The van der Waals surface area contributed by atoms with Gasteiger partial charge in [0.1, 0.15) is 12.7 Å². The molecule has 0 atom stereocenters. The Kier molecular flexibility index (Phi) is 6.89. The van der Waals surface area contributed by atoms with Gasteiger partial charge in [0, 0.05) is 49.2 Å². The summed E-state index contributed by atoms with van der Waals surface area (Å²) in [5.74, 6) is -1.61. The van der Waals surface area contributed by atoms with Crippen LogP contribution in [-0.4, -0.2) is 62.9 Å². The minimum Gasteiger partial charge on any atom is -0.332 e. The summed E-state index contributed by atoms with van der Waals surface area (Å²) in [4.78, 5) is 22.0. The highest BCUT2D eigenvalue weighted by atomic mass is 19.1. The molecular weight excluding hydrogens is 557 g/mol. The summed E-state index contributed by atoms with van der Waals surface area (Å²) in [7, 11) is 0. The highest BCUT2D eigenvalue weighted by Gasteiger charge is 2.33. The van der Waals surface area contributed by atoms with Gasteiger partial charge in [0.25, 0.3) is 5.91 Å². The fourth-order valence-corrected chi connectivity index (χ4v) is 5.33. The van der Waals surface area contributed by atoms with Crippen molar-refractivity contribution in [3.8, 4) is 11.1 Å². The molecule has 0 saturated carbocycles. The smallest absolute Gasteiger partial charge is 0.282 e. The van der Waals surface area contributed by atoms with Crippen LogP contribution in [0.1, 0.15) is 34.0 Å². The van der Waals surface area contributed by atoms with Crippen molar-refractivity contribution in [2.75, 3.05) is 13.1 Å². The standard InChI is InChI=1S/C33H27FN9O/c1-22-14-25(6-8-26(22)5-3-4-24-10-12-41-31(15-24)36-21-38-41)7-9-30-32-29(11-13-42(32)39-20-35-30)27-16-37-43(17-27)28-18-40(19-28)33(44)23(2)34/h3-17,20-21,28H,2,18-19H2,1H3/b5-3+,9-7-. The van der Waals surface area contributed by atoms with Crippen LogP contribution in [0.2, 0.25) is 0 Å². The molecule has 5 aromatic heterocycles. The van der Waals surface area contributed by atoms with E-state index in [0.717, 1.165) is 50.2 Å². The van der Waals surface area contributed by atoms with E-state index in [-0.39, 0.29) is 6.04 Å². The van der Waals surface area contributed by atoms with Gasteiger partial charge in [-0.05, 0) is 53.5 Å². The molecule has 0 N–H and O–H groups in total. The molecule has 0 unspecified atom stereocenters. The van der Waals surface area contributed by atoms with Gasteiger partial charge in [-0.15, -0.1) is 0 Å². The van der Waals surface area contributed by atoms with E-state index in [2.05, 4.69) is 63.0 Å². The Hall–Kier alpha value is -5.71. The molecule has 1 aromatic carbocycles. The van der Waals surface area contributed by atoms with Gasteiger partial charge in [-0.25, -0.2) is 23.4 Å². The van der Waals surface area contributed by atoms with Crippen molar-refractivity contribution in [3.05, 3.63) is 127 Å². The molecule has 0 aliphatic carbocycles. The quantitative estimate of drug-likeness (QED) is 0.227. The van der Waals surface area contributed by atoms with E-state index >= 15 is 0 Å². The fourth-order valence-electron chi connectivity index (χ4n) is 5.33. The van der Waals surface area contributed by atoms with Gasteiger partial charge in [-0.2, -0.15) is 15.3 Å². The van der Waals surface area contributed by atoms with Gasteiger partial charge in [-0.3, -0.25) is 9.48 Å². The zero-order valence-electron chi connectivity index (χ0n) is 23.8. The molecule has 217 valence electrons. The topological polar surface area (TPSA) is 98.5 Å². The Morgan fingerprint density at radius 2 is 1.77 bits per heavy atom. The third-order valence-electron chi connectivity index (χ3n) is 7.75. The van der Waals surface area contributed by atoms with Gasteiger partial charge < -0.3 is 4.90 Å². The number of halogens is 1. The lowest BCUT2D eigenvalue weighted by Crippen LogP contribution is -2.50. The second-order valence-electron chi connectivity index (χ2n) is 10.6. The Bertz CT molecular complexity index is 2090. The second kappa shape index (κ2) is 11.2. The van der Waals surface area contributed by atoms with Crippen LogP contribution in [0.15, 0.2) is 92.3 Å². The minimum absolute atomic E-state index is 0.0142. The first kappa shape index (κ1) is 27.1. The number of hydrogen-bond acceptors (Lipinski definition) is 6. The summed E-state index contributed by atoms with van der Waals surface area (Å²) in [5.41, 5.74) is 8.68. The average Bonchev–Trinajstić information content (AvgIpc) is 3.76. The molecule has 1 aliphatic heterocycles. The molecule has 44 heavy (non-hydrogen) atoms. The van der Waals surface area contributed by atoms with E-state index in [9.17, 15) is 9.18 Å². The van der Waals surface area contributed by atoms with Gasteiger partial charge in [0.05, 0.1) is 23.4 Å². The van der Waals surface area contributed by atoms with Crippen molar-refractivity contribution in [1.29, 1.82) is 0 Å². The van der Waals surface area contributed by atoms with Crippen LogP contribution in [0.25, 0.3) is 40.5 Å². The van der Waals surface area contributed by atoms with Crippen molar-refractivity contribution in [2.24, 2.45) is 0 Å². The van der Waals surface area contributed by atoms with Crippen molar-refractivity contribution in [3.63, 3.8) is 0 Å². The number of aromatic nitrogens is 8. The van der Waals surface area contributed by atoms with Crippen molar-refractivity contribution in [2.45, 2.75) is 13.0 Å². The van der Waals surface area contributed by atoms with Crippen molar-refractivity contribution in [1.82, 2.24) is 43.9 Å². The number of pyridine rings is 1. The summed E-state index contributed by atoms with van der Waals surface area (Å²) in [5, 5.41) is 13.0. The molecule has 7 rings (SSSR count). The fraction of sp³-hybridized carbons (Fsp3) is 0.121. The van der Waals surface area contributed by atoms with Crippen LogP contribution in [0.4, 0.5) is 4.39 Å². The second-order valence-corrected chi connectivity index (χ2v) is 10.6. The third kappa shape index (κ3) is 5.19. The molecule has 1 aliphatic rings. The number of carbonyl (C=O) groups is 1. The van der Waals surface area contributed by atoms with Gasteiger partial charge in [0.15, 0.2) is 11.5 Å². The number of carbonyl (C=O) groups excluding carboxylic acids is 1. The maximum Gasteiger partial charge on any atom is 0.282 e. The summed E-state index contributed by atoms with van der Waals surface area (Å²) < 4.78 is 18.5. The van der Waals surface area contributed by atoms with Gasteiger partial charge in [-0.1, -0.05) is 43.0 Å². The van der Waals surface area contributed by atoms with E-state index in [0.29, 0.717) is 13.1 Å².